The molecule has 0 aliphatic carbocycles. The van der Waals surface area contributed by atoms with Crippen LogP contribution >= 0.6 is 0 Å². The number of amides is 3. The first kappa shape index (κ1) is 46.0. The monoisotopic (exact) mass is 885 g/mol. The van der Waals surface area contributed by atoms with E-state index in [1.165, 1.54) is 24.1 Å². The van der Waals surface area contributed by atoms with Crippen molar-refractivity contribution in [3.63, 3.8) is 0 Å². The summed E-state index contributed by atoms with van der Waals surface area (Å²) in [6.45, 7) is 6.36. The van der Waals surface area contributed by atoms with Crippen LogP contribution in [0.3, 0.4) is 0 Å². The Kier molecular flexibility index (Phi) is 18.0. The minimum absolute atomic E-state index is 0.00470. The zero-order valence-electron chi connectivity index (χ0n) is 33.6. The van der Waals surface area contributed by atoms with Crippen molar-refractivity contribution in [3.8, 4) is 0 Å². The summed E-state index contributed by atoms with van der Waals surface area (Å²) >= 11 is -3.93. The summed E-state index contributed by atoms with van der Waals surface area (Å²) in [6, 6.07) is 2.22. The average molecular weight is 886 g/mol. The minimum Gasteiger partial charge on any atom is -0.426 e. The molecule has 4 atom stereocenters. The Morgan fingerprint density at radius 1 is 0.847 bits per heavy atom. The Morgan fingerprint density at radius 3 is 2.00 bits per heavy atom. The second-order valence-electron chi connectivity index (χ2n) is 15.2. The van der Waals surface area contributed by atoms with E-state index in [-0.39, 0.29) is 50.0 Å². The van der Waals surface area contributed by atoms with Gasteiger partial charge in [0.2, 0.25) is 5.91 Å². The molecule has 4 saturated heterocycles. The molecule has 322 valence electrons. The Hall–Kier alpha value is -4.10. The quantitative estimate of drug-likeness (QED) is 0.0856. The molecule has 5 N–H and O–H groups in total. The van der Waals surface area contributed by atoms with Gasteiger partial charge in [0.25, 0.3) is 5.91 Å². The number of likely N-dealkylation sites (tertiary alicyclic amines) is 1. The molecule has 0 spiro atoms. The molecule has 0 radical (unpaired) electrons. The van der Waals surface area contributed by atoms with Gasteiger partial charge in [-0.15, -0.1) is 0 Å². The molecule has 4 aliphatic rings. The third-order valence-electron chi connectivity index (χ3n) is 10.6. The Morgan fingerprint density at radius 2 is 1.44 bits per heavy atom. The molecule has 1 aromatic rings. The topological polar surface area (TPSA) is 253 Å². The van der Waals surface area contributed by atoms with E-state index in [0.29, 0.717) is 103 Å². The van der Waals surface area contributed by atoms with Crippen molar-refractivity contribution in [2.75, 3.05) is 103 Å². The number of unbranched alkanes of at least 4 members (excludes halogenated alkanes) is 2. The number of rotatable bonds is 15. The fourth-order valence-electron chi connectivity index (χ4n) is 7.25. The van der Waals surface area contributed by atoms with Crippen LogP contribution in [0.2, 0.25) is 0 Å². The van der Waals surface area contributed by atoms with Crippen molar-refractivity contribution in [2.45, 2.75) is 57.4 Å². The van der Waals surface area contributed by atoms with Crippen molar-refractivity contribution in [1.82, 2.24) is 40.1 Å². The van der Waals surface area contributed by atoms with Crippen molar-refractivity contribution >= 4 is 71.7 Å². The molecule has 0 saturated carbocycles. The van der Waals surface area contributed by atoms with Crippen molar-refractivity contribution < 1.29 is 54.2 Å². The molecule has 4 bridgehead atoms. The van der Waals surface area contributed by atoms with Crippen molar-refractivity contribution in [1.29, 1.82) is 0 Å². The van der Waals surface area contributed by atoms with Crippen LogP contribution in [-0.4, -0.2) is 216 Å². The number of carbonyl (C=O) groups is 7. The molecule has 23 heteroatoms. The Bertz CT molecular complexity index is 1610. The largest absolute Gasteiger partial charge is 0.475 e. The molecular weight excluding hydrogens is 831 g/mol. The maximum Gasteiger partial charge on any atom is 0.475 e. The summed E-state index contributed by atoms with van der Waals surface area (Å²) in [5.41, 5.74) is 0.224. The molecular formula is C36H55BGaN9O12. The van der Waals surface area contributed by atoms with E-state index in [2.05, 4.69) is 20.9 Å². The standard InChI is InChI=1S/C36H58BN9O12.Ga/c1-26(36(56)46-11-5-7-29(46)37(57)58)41-35(55)27-8-9-30(39-20-27)40-21-28(47)6-3-2-4-10-38-31(48)22-42-12-14-43(23-32(49)50)16-18-45(25-34(53)54)19-17-44(15-13-42)24-33(51)52;/h8-9,20,26,29,57-58H,2-7,10-19,21-25H2,1H3,(H,38,48)(H,39,40)(H,41,55)(H,49,50)(H,51,52)(H,53,54);/q;+3/p-3/t26-,29+;/m1./s1. The number of anilines is 1. The summed E-state index contributed by atoms with van der Waals surface area (Å²) in [4.78, 5) is 102. The number of pyridine rings is 1. The molecule has 5 rings (SSSR count). The van der Waals surface area contributed by atoms with E-state index in [1.807, 2.05) is 19.6 Å². The fourth-order valence-corrected chi connectivity index (χ4v) is 9.38. The number of Topliss-reactive ketones (excluding diaryl/α,β-unsaturated/α-hetero) is 1. The maximum absolute atomic E-state index is 13.0. The van der Waals surface area contributed by atoms with Gasteiger partial charge in [0, 0.05) is 19.2 Å². The molecule has 4 fully saturated rings. The van der Waals surface area contributed by atoms with Gasteiger partial charge in [-0.3, -0.25) is 14.4 Å². The predicted molar refractivity (Wildman–Crippen MR) is 211 cm³/mol. The van der Waals surface area contributed by atoms with Crippen molar-refractivity contribution in [3.05, 3.63) is 23.9 Å². The van der Waals surface area contributed by atoms with E-state index in [4.69, 9.17) is 10.6 Å². The van der Waals surface area contributed by atoms with Gasteiger partial charge in [-0.2, -0.15) is 0 Å². The van der Waals surface area contributed by atoms with Gasteiger partial charge < -0.3 is 25.6 Å². The number of hydrogen-bond donors (Lipinski definition) is 5. The molecule has 5 heterocycles. The number of aromatic nitrogens is 1. The van der Waals surface area contributed by atoms with Gasteiger partial charge in [-0.25, -0.2) is 4.98 Å². The van der Waals surface area contributed by atoms with Gasteiger partial charge in [0.1, 0.15) is 11.9 Å². The van der Waals surface area contributed by atoms with Gasteiger partial charge in [0.05, 0.1) is 18.0 Å². The summed E-state index contributed by atoms with van der Waals surface area (Å²) in [6.07, 6.45) is 4.86. The smallest absolute Gasteiger partial charge is 0.426 e. The SMILES string of the molecule is C[C@@H](NC(=O)c1ccc(NCC(=O)CCCCCNC(=O)CN2CCN3CCN4CCN(CC2)CC(=O)[O][Ga]([O]C(=O)C3)[O]C(=O)C4)nc1)C(=O)N1CCC[C@H]1B(O)O. The number of nitrogens with zero attached hydrogens (tertiary/aromatic N) is 6. The summed E-state index contributed by atoms with van der Waals surface area (Å²) in [5, 5.41) is 27.6. The molecule has 2 unspecified atom stereocenters. The van der Waals surface area contributed by atoms with Gasteiger partial charge in [-0.1, -0.05) is 6.42 Å². The number of ketones is 1. The molecule has 59 heavy (non-hydrogen) atoms. The zero-order valence-corrected chi connectivity index (χ0v) is 36.0. The van der Waals surface area contributed by atoms with Gasteiger partial charge in [-0.05, 0) is 38.3 Å². The third kappa shape index (κ3) is 15.1. The summed E-state index contributed by atoms with van der Waals surface area (Å²) in [7, 11) is -1.64. The number of fused-ring (bicyclic) bond motifs is 7. The molecule has 0 aromatic carbocycles. The van der Waals surface area contributed by atoms with E-state index < -0.39 is 66.1 Å². The van der Waals surface area contributed by atoms with E-state index >= 15 is 0 Å². The Balaban J connectivity index is 0.985. The van der Waals surface area contributed by atoms with Crippen molar-refractivity contribution in [2.24, 2.45) is 0 Å². The molecule has 3 amide bonds. The second kappa shape index (κ2) is 23.0. The fraction of sp³-hybridized carbons (Fsp3) is 0.667. The van der Waals surface area contributed by atoms with Gasteiger partial charge >= 0.3 is 194 Å². The number of nitrogens with one attached hydrogen (secondary N) is 3. The molecule has 1 aromatic heterocycles. The van der Waals surface area contributed by atoms with E-state index in [1.54, 1.807) is 6.07 Å². The van der Waals surface area contributed by atoms with Crippen LogP contribution in [0.15, 0.2) is 18.3 Å². The van der Waals surface area contributed by atoms with Crippen LogP contribution in [-0.2, 0) is 39.4 Å². The van der Waals surface area contributed by atoms with Crippen LogP contribution < -0.4 is 16.0 Å². The maximum atomic E-state index is 13.0. The summed E-state index contributed by atoms with van der Waals surface area (Å²) in [5.74, 6) is -3.19. The number of carbonyl (C=O) groups excluding carboxylic acids is 7. The van der Waals surface area contributed by atoms with Crippen LogP contribution in [0, 0.1) is 0 Å². The number of hydrogen-bond acceptors (Lipinski definition) is 18. The van der Waals surface area contributed by atoms with Crippen LogP contribution in [0.4, 0.5) is 5.82 Å². The summed E-state index contributed by atoms with van der Waals surface area (Å²) < 4.78 is 16.1. The van der Waals surface area contributed by atoms with E-state index in [9.17, 15) is 43.6 Å². The van der Waals surface area contributed by atoms with Crippen LogP contribution in [0.5, 0.6) is 0 Å². The third-order valence-corrected chi connectivity index (χ3v) is 13.5. The zero-order chi connectivity index (χ0) is 42.3. The second-order valence-corrected chi connectivity index (χ2v) is 17.9. The molecule has 4 aliphatic heterocycles. The molecule has 21 nitrogen and oxygen atoms in total. The van der Waals surface area contributed by atoms with E-state index in [0.717, 1.165) is 6.42 Å². The Labute approximate surface area is 349 Å². The first-order valence-electron chi connectivity index (χ1n) is 20.3. The van der Waals surface area contributed by atoms with Crippen LogP contribution in [0.1, 0.15) is 55.8 Å². The predicted octanol–water partition coefficient (Wildman–Crippen LogP) is -3.28. The van der Waals surface area contributed by atoms with Crippen LogP contribution in [0.25, 0.3) is 0 Å². The minimum atomic E-state index is -3.93. The van der Waals surface area contributed by atoms with Gasteiger partial charge in [0.15, 0.2) is 5.78 Å². The first-order chi connectivity index (χ1) is 28.3. The normalized spacial score (nSPS) is 23.6. The average Bonchev–Trinajstić information content (AvgIpc) is 3.68. The first-order valence-corrected chi connectivity index (χ1v) is 23.2.